The lowest BCUT2D eigenvalue weighted by Gasteiger charge is -2.35. The van der Waals surface area contributed by atoms with Crippen LogP contribution in [0.15, 0.2) is 36.5 Å². The van der Waals surface area contributed by atoms with E-state index < -0.39 is 85.7 Å². The summed E-state index contributed by atoms with van der Waals surface area (Å²) in [6.45, 7) is 9.66. The SMILES string of the molecule is Cc1cn2c(n1)nc(O[C@@H]1C[C@H]3C(=O)N[C@]4(C(=O)NS(=O)(=O)C5(C)CC5)C[C@H]4/C=C\CC[C@@H](C)C[C@@H](C)[C@H](NC(=O)OC(C)(C)C(C)(F)F)C(=O)N3C1)c1cc(Cl)ccc12. The van der Waals surface area contributed by atoms with Crippen molar-refractivity contribution < 1.29 is 45.9 Å². The first-order valence-corrected chi connectivity index (χ1v) is 22.1. The number of hydrogen-bond acceptors (Lipinski definition) is 10. The molecule has 3 aromatic rings. The van der Waals surface area contributed by atoms with Crippen LogP contribution in [0.4, 0.5) is 13.6 Å². The minimum atomic E-state index is -4.07. The first-order chi connectivity index (χ1) is 27.9. The second-order valence-electron chi connectivity index (χ2n) is 18.0. The number of nitrogens with one attached hydrogen (secondary N) is 3. The Bertz CT molecular complexity index is 2380. The number of halogens is 3. The average molecular weight is 876 g/mol. The van der Waals surface area contributed by atoms with Gasteiger partial charge in [0.25, 0.3) is 11.8 Å². The van der Waals surface area contributed by atoms with Gasteiger partial charge in [-0.05, 0) is 96.3 Å². The van der Waals surface area contributed by atoms with Crippen molar-refractivity contribution in [2.45, 2.75) is 133 Å². The maximum Gasteiger partial charge on any atom is 0.408 e. The van der Waals surface area contributed by atoms with Crippen molar-refractivity contribution in [2.24, 2.45) is 17.8 Å². The molecule has 0 radical (unpaired) electrons. The van der Waals surface area contributed by atoms with Gasteiger partial charge in [0.15, 0.2) is 5.60 Å². The molecule has 4 aliphatic rings. The maximum absolute atomic E-state index is 14.9. The summed E-state index contributed by atoms with van der Waals surface area (Å²) in [4.78, 5) is 67.3. The number of amides is 4. The third kappa shape index (κ3) is 8.37. The van der Waals surface area contributed by atoms with Crippen molar-refractivity contribution in [3.05, 3.63) is 47.3 Å². The Balaban J connectivity index is 1.26. The number of nitrogens with zero attached hydrogens (tertiary/aromatic N) is 4. The number of aromatic nitrogens is 3. The lowest BCUT2D eigenvalue weighted by Crippen LogP contribution is -2.59. The predicted molar refractivity (Wildman–Crippen MR) is 218 cm³/mol. The van der Waals surface area contributed by atoms with Crippen molar-refractivity contribution in [3.8, 4) is 5.88 Å². The minimum absolute atomic E-state index is 0.00798. The van der Waals surface area contributed by atoms with Gasteiger partial charge in [-0.2, -0.15) is 4.98 Å². The molecule has 60 heavy (non-hydrogen) atoms. The summed E-state index contributed by atoms with van der Waals surface area (Å²) in [5.74, 6) is -6.38. The molecule has 15 nitrogen and oxygen atoms in total. The molecular formula is C41H52ClF2N7O8S. The van der Waals surface area contributed by atoms with Gasteiger partial charge in [-0.15, -0.1) is 0 Å². The number of benzene rings is 1. The highest BCUT2D eigenvalue weighted by molar-refractivity contribution is 7.91. The molecule has 1 saturated heterocycles. The molecule has 3 fully saturated rings. The van der Waals surface area contributed by atoms with Crippen molar-refractivity contribution in [2.75, 3.05) is 6.54 Å². The molecule has 7 rings (SSSR count). The molecular weight excluding hydrogens is 824 g/mol. The number of allylic oxidation sites excluding steroid dienone is 1. The Kier molecular flexibility index (Phi) is 11.2. The smallest absolute Gasteiger partial charge is 0.408 e. The number of hydrogen-bond donors (Lipinski definition) is 3. The molecule has 326 valence electrons. The zero-order chi connectivity index (χ0) is 43.7. The number of ether oxygens (including phenoxy) is 2. The Labute approximate surface area is 352 Å². The zero-order valence-electron chi connectivity index (χ0n) is 34.7. The molecule has 2 aliphatic carbocycles. The van der Waals surface area contributed by atoms with E-state index in [9.17, 15) is 36.4 Å². The van der Waals surface area contributed by atoms with E-state index in [0.717, 1.165) is 13.8 Å². The van der Waals surface area contributed by atoms with Crippen molar-refractivity contribution in [1.29, 1.82) is 0 Å². The number of sulfonamides is 1. The second kappa shape index (κ2) is 15.4. The molecule has 0 spiro atoms. The second-order valence-corrected chi connectivity index (χ2v) is 20.6. The van der Waals surface area contributed by atoms with Gasteiger partial charge in [0, 0.05) is 30.5 Å². The van der Waals surface area contributed by atoms with Crippen LogP contribution in [-0.2, 0) is 29.1 Å². The highest BCUT2D eigenvalue weighted by Gasteiger charge is 2.63. The van der Waals surface area contributed by atoms with E-state index >= 15 is 0 Å². The van der Waals surface area contributed by atoms with Gasteiger partial charge in [-0.3, -0.25) is 23.5 Å². The molecule has 0 bridgehead atoms. The highest BCUT2D eigenvalue weighted by Crippen LogP contribution is 2.48. The van der Waals surface area contributed by atoms with Gasteiger partial charge >= 0.3 is 6.09 Å². The number of fused-ring (bicyclic) bond motifs is 5. The van der Waals surface area contributed by atoms with Gasteiger partial charge in [0.05, 0.1) is 27.9 Å². The molecule has 3 N–H and O–H groups in total. The van der Waals surface area contributed by atoms with Crippen LogP contribution in [0.2, 0.25) is 5.02 Å². The van der Waals surface area contributed by atoms with Crippen LogP contribution in [0.5, 0.6) is 5.88 Å². The fourth-order valence-electron chi connectivity index (χ4n) is 8.10. The van der Waals surface area contributed by atoms with Gasteiger partial charge < -0.3 is 25.0 Å². The lowest BCUT2D eigenvalue weighted by molar-refractivity contribution is -0.152. The van der Waals surface area contributed by atoms with E-state index in [0.29, 0.717) is 66.4 Å². The zero-order valence-corrected chi connectivity index (χ0v) is 36.3. The molecule has 2 saturated carbocycles. The molecule has 2 aromatic heterocycles. The fourth-order valence-corrected chi connectivity index (χ4v) is 9.59. The molecule has 0 unspecified atom stereocenters. The summed E-state index contributed by atoms with van der Waals surface area (Å²) in [6, 6.07) is 2.54. The number of carbonyl (C=O) groups is 4. The Hall–Kier alpha value is -4.58. The number of aryl methyl sites for hydroxylation is 1. The standard InChI is InChI=1S/C41H52ClF2N7O8S/c1-22-10-8-9-11-25-19-41(25,35(54)49-60(56,57)39(6)14-15-39)48-32(52)30-18-27(58-33-28-17-26(42)12-13-29(28)51-20-24(3)45-36(51)47-33)21-50(30)34(53)31(23(2)16-22)46-37(55)59-38(4,5)40(7,43)44/h9,11-13,17,20,22-23,25,27,30-31H,8,10,14-16,18-19,21H2,1-7H3,(H,46,55)(H,48,52)(H,49,54)/b11-9-/t22-,23-,25-,27-,30+,31+,41-/m1/s1. The van der Waals surface area contributed by atoms with E-state index in [1.165, 1.54) is 4.90 Å². The van der Waals surface area contributed by atoms with Crippen LogP contribution in [0, 0.1) is 24.7 Å². The Morgan fingerprint density at radius 3 is 2.50 bits per heavy atom. The van der Waals surface area contributed by atoms with Crippen molar-refractivity contribution >= 4 is 62.1 Å². The van der Waals surface area contributed by atoms with Crippen LogP contribution in [0.1, 0.15) is 92.2 Å². The monoisotopic (exact) mass is 875 g/mol. The summed E-state index contributed by atoms with van der Waals surface area (Å²) >= 11 is 6.42. The predicted octanol–water partition coefficient (Wildman–Crippen LogP) is 5.61. The van der Waals surface area contributed by atoms with Crippen LogP contribution in [0.3, 0.4) is 0 Å². The van der Waals surface area contributed by atoms with Crippen LogP contribution in [-0.4, -0.2) is 98.0 Å². The fraction of sp³-hybridized carbons (Fsp3) is 0.610. The first-order valence-electron chi connectivity index (χ1n) is 20.3. The quantitative estimate of drug-likeness (QED) is 0.240. The van der Waals surface area contributed by atoms with E-state index in [4.69, 9.17) is 21.1 Å². The topological polar surface area (TPSA) is 190 Å². The normalized spacial score (nSPS) is 29.1. The van der Waals surface area contributed by atoms with Crippen LogP contribution < -0.4 is 20.1 Å². The maximum atomic E-state index is 14.9. The van der Waals surface area contributed by atoms with Crippen molar-refractivity contribution in [1.82, 2.24) is 34.6 Å². The number of alkyl carbamates (subject to hydrolysis) is 1. The molecule has 2 aliphatic heterocycles. The van der Waals surface area contributed by atoms with Gasteiger partial charge in [-0.1, -0.05) is 37.6 Å². The van der Waals surface area contributed by atoms with E-state index in [1.54, 1.807) is 36.4 Å². The number of carbonyl (C=O) groups excluding carboxylic acids is 4. The van der Waals surface area contributed by atoms with Crippen LogP contribution in [0.25, 0.3) is 16.7 Å². The minimum Gasteiger partial charge on any atom is -0.472 e. The summed E-state index contributed by atoms with van der Waals surface area (Å²) in [7, 11) is -4.07. The third-order valence-corrected chi connectivity index (χ3v) is 15.1. The molecule has 1 aromatic carbocycles. The first kappa shape index (κ1) is 43.5. The third-order valence-electron chi connectivity index (χ3n) is 12.7. The number of alkyl halides is 2. The van der Waals surface area contributed by atoms with E-state index in [1.807, 2.05) is 32.2 Å². The number of imidazole rings is 1. The largest absolute Gasteiger partial charge is 0.472 e. The lowest BCUT2D eigenvalue weighted by atomic mass is 9.88. The van der Waals surface area contributed by atoms with E-state index in [-0.39, 0.29) is 31.2 Å². The summed E-state index contributed by atoms with van der Waals surface area (Å²) < 4.78 is 70.0. The molecule has 4 amide bonds. The van der Waals surface area contributed by atoms with Gasteiger partial charge in [-0.25, -0.2) is 27.0 Å². The molecule has 19 heteroatoms. The molecule has 4 heterocycles. The molecule has 7 atom stereocenters. The van der Waals surface area contributed by atoms with Gasteiger partial charge in [0.2, 0.25) is 33.5 Å². The van der Waals surface area contributed by atoms with Crippen LogP contribution >= 0.6 is 11.6 Å². The van der Waals surface area contributed by atoms with Crippen molar-refractivity contribution in [3.63, 3.8) is 0 Å². The average Bonchev–Trinajstić information content (AvgIpc) is 3.96. The van der Waals surface area contributed by atoms with E-state index in [2.05, 4.69) is 25.3 Å². The summed E-state index contributed by atoms with van der Waals surface area (Å²) in [5.41, 5.74) is -2.48. The van der Waals surface area contributed by atoms with Gasteiger partial charge in [0.1, 0.15) is 23.7 Å². The number of rotatable bonds is 8. The summed E-state index contributed by atoms with van der Waals surface area (Å²) in [5, 5.41) is 6.32. The Morgan fingerprint density at radius 2 is 1.82 bits per heavy atom. The highest BCUT2D eigenvalue weighted by atomic mass is 35.5. The Morgan fingerprint density at radius 1 is 1.10 bits per heavy atom. The summed E-state index contributed by atoms with van der Waals surface area (Å²) in [6.07, 6.45) is 5.83.